The topological polar surface area (TPSA) is 71.1 Å². The predicted octanol–water partition coefficient (Wildman–Crippen LogP) is 1.98. The number of hydrogen-bond acceptors (Lipinski definition) is 4. The third-order valence-corrected chi connectivity index (χ3v) is 3.40. The summed E-state index contributed by atoms with van der Waals surface area (Å²) >= 11 is 0. The fourth-order valence-corrected chi connectivity index (χ4v) is 2.17. The van der Waals surface area contributed by atoms with Crippen molar-refractivity contribution in [3.63, 3.8) is 0 Å². The van der Waals surface area contributed by atoms with E-state index < -0.39 is 17.5 Å². The Balaban J connectivity index is 2.12. The van der Waals surface area contributed by atoms with Crippen LogP contribution in [0.25, 0.3) is 5.69 Å². The largest absolute Gasteiger partial charge is 0.435 e. The van der Waals surface area contributed by atoms with E-state index in [-0.39, 0.29) is 18.9 Å². The highest BCUT2D eigenvalue weighted by atomic mass is 19.4. The molecule has 22 heavy (non-hydrogen) atoms. The van der Waals surface area contributed by atoms with Gasteiger partial charge in [0.05, 0.1) is 36.2 Å². The van der Waals surface area contributed by atoms with Crippen LogP contribution in [0.1, 0.15) is 17.0 Å². The van der Waals surface area contributed by atoms with Crippen LogP contribution in [0.4, 0.5) is 13.2 Å². The van der Waals surface area contributed by atoms with Crippen LogP contribution in [-0.4, -0.2) is 28.1 Å². The molecule has 8 heteroatoms. The average molecular weight is 309 g/mol. The molecule has 0 atom stereocenters. The van der Waals surface area contributed by atoms with Gasteiger partial charge in [0.15, 0.2) is 11.3 Å². The minimum absolute atomic E-state index is 0.00998. The highest BCUT2D eigenvalue weighted by molar-refractivity contribution is 5.41. The maximum atomic E-state index is 12.9. The van der Waals surface area contributed by atoms with Crippen molar-refractivity contribution in [1.29, 1.82) is 5.26 Å². The van der Waals surface area contributed by atoms with Crippen LogP contribution < -0.4 is 0 Å². The average Bonchev–Trinajstić information content (AvgIpc) is 2.90. The minimum Gasteiger partial charge on any atom is -0.379 e. The maximum Gasteiger partial charge on any atom is 0.435 e. The Hall–Kier alpha value is -2.37. The number of ether oxygens (including phenoxy) is 1. The van der Waals surface area contributed by atoms with Crippen LogP contribution in [0, 0.1) is 11.3 Å². The molecule has 0 saturated carbocycles. The first-order chi connectivity index (χ1) is 10.3. The van der Waals surface area contributed by atoms with Crippen molar-refractivity contribution < 1.29 is 23.0 Å². The van der Waals surface area contributed by atoms with Crippen LogP contribution in [0.2, 0.25) is 0 Å². The Morgan fingerprint density at radius 2 is 1.91 bits per heavy atom. The number of hydrogen-bond donors (Lipinski definition) is 1. The number of benzene rings is 1. The second-order valence-electron chi connectivity index (χ2n) is 5.01. The van der Waals surface area contributed by atoms with Gasteiger partial charge in [-0.05, 0) is 30.3 Å². The molecule has 3 rings (SSSR count). The minimum atomic E-state index is -4.62. The molecule has 114 valence electrons. The van der Waals surface area contributed by atoms with Crippen molar-refractivity contribution >= 4 is 0 Å². The summed E-state index contributed by atoms with van der Waals surface area (Å²) in [6, 6.07) is 8.62. The van der Waals surface area contributed by atoms with Gasteiger partial charge in [-0.15, -0.1) is 0 Å². The summed E-state index contributed by atoms with van der Waals surface area (Å²) in [4.78, 5) is 0. The molecule has 1 fully saturated rings. The lowest BCUT2D eigenvalue weighted by molar-refractivity contribution is -0.187. The molecule has 1 aliphatic heterocycles. The standard InChI is InChI=1S/C14H10F3N3O2/c15-14(16,17)11-5-12(13(21)7-22-8-13)20(19-11)10-3-1-9(6-18)2-4-10/h1-5,21H,7-8H2. The molecular formula is C14H10F3N3O2. The highest BCUT2D eigenvalue weighted by Crippen LogP contribution is 2.36. The maximum absolute atomic E-state index is 12.9. The molecule has 2 aromatic rings. The molecule has 0 bridgehead atoms. The van der Waals surface area contributed by atoms with E-state index in [1.165, 1.54) is 24.3 Å². The van der Waals surface area contributed by atoms with E-state index in [2.05, 4.69) is 5.10 Å². The Morgan fingerprint density at radius 3 is 2.36 bits per heavy atom. The van der Waals surface area contributed by atoms with Gasteiger partial charge < -0.3 is 9.84 Å². The van der Waals surface area contributed by atoms with Gasteiger partial charge in [-0.1, -0.05) is 0 Å². The van der Waals surface area contributed by atoms with Crippen LogP contribution in [0.3, 0.4) is 0 Å². The van der Waals surface area contributed by atoms with E-state index in [9.17, 15) is 18.3 Å². The zero-order valence-electron chi connectivity index (χ0n) is 11.1. The highest BCUT2D eigenvalue weighted by Gasteiger charge is 2.44. The Bertz CT molecular complexity index is 740. The second kappa shape index (κ2) is 4.83. The van der Waals surface area contributed by atoms with E-state index in [4.69, 9.17) is 10.00 Å². The summed E-state index contributed by atoms with van der Waals surface area (Å²) < 4.78 is 44.6. The molecule has 1 aromatic heterocycles. The van der Waals surface area contributed by atoms with Crippen molar-refractivity contribution in [2.75, 3.05) is 13.2 Å². The first-order valence-electron chi connectivity index (χ1n) is 6.32. The predicted molar refractivity (Wildman–Crippen MR) is 68.0 cm³/mol. The first kappa shape index (κ1) is 14.6. The van der Waals surface area contributed by atoms with Crippen molar-refractivity contribution in [2.45, 2.75) is 11.8 Å². The summed E-state index contributed by atoms with van der Waals surface area (Å²) in [5.74, 6) is 0. The van der Waals surface area contributed by atoms with E-state index in [0.29, 0.717) is 11.3 Å². The zero-order chi connectivity index (χ0) is 16.0. The molecule has 5 nitrogen and oxygen atoms in total. The number of rotatable bonds is 2. The van der Waals surface area contributed by atoms with E-state index in [0.717, 1.165) is 10.7 Å². The SMILES string of the molecule is N#Cc1ccc(-n2nc(C(F)(F)F)cc2C2(O)COC2)cc1. The molecular weight excluding hydrogens is 299 g/mol. The zero-order valence-corrected chi connectivity index (χ0v) is 11.1. The molecule has 1 N–H and O–H groups in total. The third-order valence-electron chi connectivity index (χ3n) is 3.40. The van der Waals surface area contributed by atoms with E-state index >= 15 is 0 Å². The first-order valence-corrected chi connectivity index (χ1v) is 6.32. The Kier molecular flexibility index (Phi) is 3.20. The lowest BCUT2D eigenvalue weighted by Crippen LogP contribution is -2.47. The number of aliphatic hydroxyl groups is 1. The molecule has 2 heterocycles. The van der Waals surface area contributed by atoms with E-state index in [1.807, 2.05) is 6.07 Å². The van der Waals surface area contributed by atoms with Gasteiger partial charge in [0.1, 0.15) is 0 Å². The van der Waals surface area contributed by atoms with Crippen molar-refractivity contribution in [2.24, 2.45) is 0 Å². The molecule has 1 saturated heterocycles. The second-order valence-corrected chi connectivity index (χ2v) is 5.01. The van der Waals surface area contributed by atoms with Crippen LogP contribution in [0.5, 0.6) is 0 Å². The van der Waals surface area contributed by atoms with Crippen LogP contribution in [0.15, 0.2) is 30.3 Å². The van der Waals surface area contributed by atoms with Gasteiger partial charge in [-0.2, -0.15) is 23.5 Å². The van der Waals surface area contributed by atoms with Crippen molar-refractivity contribution in [3.05, 3.63) is 47.3 Å². The summed E-state index contributed by atoms with van der Waals surface area (Å²) in [6.07, 6.45) is -4.62. The third kappa shape index (κ3) is 2.34. The number of nitrogens with zero attached hydrogens (tertiary/aromatic N) is 3. The number of halogens is 3. The van der Waals surface area contributed by atoms with Crippen LogP contribution >= 0.6 is 0 Å². The van der Waals surface area contributed by atoms with Gasteiger partial charge in [-0.3, -0.25) is 0 Å². The lowest BCUT2D eigenvalue weighted by atomic mass is 9.97. The molecule has 1 aliphatic rings. The number of aromatic nitrogens is 2. The van der Waals surface area contributed by atoms with Crippen LogP contribution in [-0.2, 0) is 16.5 Å². The fourth-order valence-electron chi connectivity index (χ4n) is 2.17. The number of alkyl halides is 3. The molecule has 0 radical (unpaired) electrons. The summed E-state index contributed by atoms with van der Waals surface area (Å²) in [6.45, 7) is -0.182. The monoisotopic (exact) mass is 309 g/mol. The van der Waals surface area contributed by atoms with Crippen molar-refractivity contribution in [3.8, 4) is 11.8 Å². The van der Waals surface area contributed by atoms with Gasteiger partial charge in [0, 0.05) is 0 Å². The number of nitriles is 1. The summed E-state index contributed by atoms with van der Waals surface area (Å²) in [5, 5.41) is 22.6. The van der Waals surface area contributed by atoms with Gasteiger partial charge >= 0.3 is 6.18 Å². The fraction of sp³-hybridized carbons (Fsp3) is 0.286. The molecule has 0 unspecified atom stereocenters. The van der Waals surface area contributed by atoms with Gasteiger partial charge in [0.2, 0.25) is 0 Å². The Morgan fingerprint density at radius 1 is 1.27 bits per heavy atom. The van der Waals surface area contributed by atoms with Gasteiger partial charge in [0.25, 0.3) is 0 Å². The van der Waals surface area contributed by atoms with Crippen molar-refractivity contribution in [1.82, 2.24) is 9.78 Å². The molecule has 0 spiro atoms. The van der Waals surface area contributed by atoms with E-state index in [1.54, 1.807) is 0 Å². The smallest absolute Gasteiger partial charge is 0.379 e. The Labute approximate surface area is 123 Å². The molecule has 1 aromatic carbocycles. The quantitative estimate of drug-likeness (QED) is 0.921. The molecule has 0 amide bonds. The normalized spacial score (nSPS) is 16.9. The summed E-state index contributed by atoms with van der Waals surface area (Å²) in [7, 11) is 0. The summed E-state index contributed by atoms with van der Waals surface area (Å²) in [5.41, 5.74) is -1.88. The lowest BCUT2D eigenvalue weighted by Gasteiger charge is -2.36. The molecule has 0 aliphatic carbocycles. The van der Waals surface area contributed by atoms with Gasteiger partial charge in [-0.25, -0.2) is 4.68 Å².